The third-order valence-electron chi connectivity index (χ3n) is 15.7. The summed E-state index contributed by atoms with van der Waals surface area (Å²) < 4.78 is 31.6. The highest BCUT2D eigenvalue weighted by Crippen LogP contribution is 2.48. The number of H-pyrrole nitrogens is 2. The molecule has 5 aliphatic rings. The van der Waals surface area contributed by atoms with Crippen molar-refractivity contribution in [1.82, 2.24) is 44.9 Å². The zero-order valence-electron chi connectivity index (χ0n) is 41.3. The second-order valence-electron chi connectivity index (χ2n) is 19.9. The molecule has 18 nitrogen and oxygen atoms in total. The first-order valence-corrected chi connectivity index (χ1v) is 26.5. The van der Waals surface area contributed by atoms with E-state index in [1.807, 2.05) is 22.2 Å². The minimum absolute atomic E-state index is 0.0500. The Hall–Kier alpha value is -7.22. The second kappa shape index (κ2) is 20.2. The Morgan fingerprint density at radius 1 is 0.703 bits per heavy atom. The zero-order valence-corrected chi connectivity index (χ0v) is 42.2. The highest BCUT2D eigenvalue weighted by molar-refractivity contribution is 7.19. The van der Waals surface area contributed by atoms with E-state index in [0.29, 0.717) is 76.8 Å². The molecule has 0 saturated carbocycles. The summed E-state index contributed by atoms with van der Waals surface area (Å²) in [7, 11) is 2.62. The van der Waals surface area contributed by atoms with Gasteiger partial charge in [0.2, 0.25) is 18.0 Å². The van der Waals surface area contributed by atoms with E-state index in [1.165, 1.54) is 18.9 Å². The smallest absolute Gasteiger partial charge is 0.407 e. The molecular weight excluding hydrogens is 963 g/mol. The Kier molecular flexibility index (Phi) is 13.1. The van der Waals surface area contributed by atoms with Crippen LogP contribution in [-0.4, -0.2) is 124 Å². The number of carbonyl (C=O) groups is 4. The summed E-state index contributed by atoms with van der Waals surface area (Å²) in [5, 5.41) is 7.85. The first-order valence-electron chi connectivity index (χ1n) is 25.7. The van der Waals surface area contributed by atoms with Crippen molar-refractivity contribution in [3.8, 4) is 39.7 Å². The van der Waals surface area contributed by atoms with E-state index >= 15 is 0 Å². The molecule has 0 aliphatic carbocycles. The Morgan fingerprint density at radius 2 is 1.36 bits per heavy atom. The molecule has 4 fully saturated rings. The van der Waals surface area contributed by atoms with Crippen molar-refractivity contribution in [3.63, 3.8) is 0 Å². The quantitative estimate of drug-likeness (QED) is 0.0963. The van der Waals surface area contributed by atoms with Gasteiger partial charge in [0.25, 0.3) is 0 Å². The number of rotatable bonds is 11. The molecule has 4 amide bonds. The normalized spacial score (nSPS) is 21.0. The summed E-state index contributed by atoms with van der Waals surface area (Å²) in [5.74, 6) is 1.76. The van der Waals surface area contributed by atoms with Crippen LogP contribution >= 0.6 is 11.3 Å². The Bertz CT molecular complexity index is 3210. The summed E-state index contributed by atoms with van der Waals surface area (Å²) >= 11 is 1.71. The Morgan fingerprint density at radius 3 is 2.05 bits per heavy atom. The van der Waals surface area contributed by atoms with Crippen LogP contribution in [0.4, 0.5) is 9.59 Å². The lowest BCUT2D eigenvalue weighted by atomic mass is 9.90. The number of likely N-dealkylation sites (tertiary alicyclic amines) is 2. The molecule has 74 heavy (non-hydrogen) atoms. The van der Waals surface area contributed by atoms with Gasteiger partial charge in [0, 0.05) is 66.3 Å². The molecule has 12 rings (SSSR count). The number of carbonyl (C=O) groups excluding carboxylic acids is 4. The first-order chi connectivity index (χ1) is 36.2. The fourth-order valence-electron chi connectivity index (χ4n) is 11.9. The zero-order chi connectivity index (χ0) is 50.5. The number of ether oxygens (including phenoxy) is 5. The van der Waals surface area contributed by atoms with Crippen LogP contribution in [0.15, 0.2) is 85.2 Å². The molecule has 384 valence electrons. The standard InChI is InChI=1S/C55H59N9O9S/c1-69-54(67)60-47(31-15-21-71-22-16-31)51(65)62-19-5-8-41(62)39-30-56-49(59-39)35-12-14-40-36(25-35)26-43-37-13-11-33(27-44(37)73-53(64(40)43)46-28-34-7-3-4-10-45(34)74-46)38-29-57-50(58-38)42-9-6-20-63(42)52(66)48(61-55(68)70-2)32-17-23-72-24-18-32/h3-4,7,10-14,25-32,41-42,47-48,53H,5-6,8-9,15-24H2,1-2H3,(H,56,59)(H,57,58)(H,60,67)(H,61,68)/t41-,42-,47-,48-,53?/m0/s1. The van der Waals surface area contributed by atoms with Crippen molar-refractivity contribution >= 4 is 56.3 Å². The van der Waals surface area contributed by atoms with Crippen LogP contribution in [-0.2, 0) is 28.5 Å². The predicted octanol–water partition coefficient (Wildman–Crippen LogP) is 8.87. The maximum atomic E-state index is 14.3. The van der Waals surface area contributed by atoms with Crippen molar-refractivity contribution in [2.24, 2.45) is 11.8 Å². The number of nitrogens with one attached hydrogen (secondary N) is 4. The van der Waals surface area contributed by atoms with Crippen LogP contribution in [0, 0.1) is 11.8 Å². The molecule has 9 heterocycles. The number of nitrogens with zero attached hydrogens (tertiary/aromatic N) is 5. The van der Waals surface area contributed by atoms with Crippen LogP contribution in [0.2, 0.25) is 0 Å². The highest BCUT2D eigenvalue weighted by atomic mass is 32.1. The van der Waals surface area contributed by atoms with Gasteiger partial charge < -0.3 is 54.1 Å². The van der Waals surface area contributed by atoms with E-state index in [-0.39, 0.29) is 35.7 Å². The van der Waals surface area contributed by atoms with Gasteiger partial charge in [-0.05, 0) is 117 Å². The molecule has 0 radical (unpaired) electrons. The van der Waals surface area contributed by atoms with Crippen LogP contribution in [0.25, 0.3) is 54.9 Å². The van der Waals surface area contributed by atoms with Crippen LogP contribution in [0.1, 0.15) is 86.1 Å². The summed E-state index contributed by atoms with van der Waals surface area (Å²) in [4.78, 5) is 75.1. The highest BCUT2D eigenvalue weighted by Gasteiger charge is 2.42. The molecule has 4 N–H and O–H groups in total. The molecule has 3 aromatic carbocycles. The number of imidazole rings is 2. The number of aromatic nitrogens is 5. The molecule has 19 heteroatoms. The van der Waals surface area contributed by atoms with Crippen LogP contribution in [0.3, 0.4) is 0 Å². The van der Waals surface area contributed by atoms with Crippen molar-refractivity contribution in [2.45, 2.75) is 81.8 Å². The van der Waals surface area contributed by atoms with Gasteiger partial charge in [-0.3, -0.25) is 14.2 Å². The Balaban J connectivity index is 0.838. The number of hydrogen-bond donors (Lipinski definition) is 4. The molecule has 5 atom stereocenters. The lowest BCUT2D eigenvalue weighted by molar-refractivity contribution is -0.137. The molecule has 1 unspecified atom stereocenters. The molecule has 0 bridgehead atoms. The number of methoxy groups -OCH3 is 2. The van der Waals surface area contributed by atoms with Crippen molar-refractivity contribution < 1.29 is 42.9 Å². The topological polar surface area (TPSA) is 207 Å². The van der Waals surface area contributed by atoms with E-state index in [4.69, 9.17) is 33.7 Å². The monoisotopic (exact) mass is 1020 g/mol. The van der Waals surface area contributed by atoms with Gasteiger partial charge in [-0.1, -0.05) is 24.3 Å². The van der Waals surface area contributed by atoms with E-state index in [1.54, 1.807) is 11.3 Å². The molecule has 5 aliphatic heterocycles. The third kappa shape index (κ3) is 8.93. The molecular formula is C55H59N9O9S. The summed E-state index contributed by atoms with van der Waals surface area (Å²) in [5.41, 5.74) is 6.40. The minimum Gasteiger partial charge on any atom is -0.464 e. The van der Waals surface area contributed by atoms with Crippen molar-refractivity contribution in [2.75, 3.05) is 53.7 Å². The van der Waals surface area contributed by atoms with Crippen LogP contribution in [0.5, 0.6) is 5.75 Å². The predicted molar refractivity (Wildman–Crippen MR) is 276 cm³/mol. The van der Waals surface area contributed by atoms with Gasteiger partial charge in [-0.25, -0.2) is 19.6 Å². The lowest BCUT2D eigenvalue weighted by Gasteiger charge is -2.34. The minimum atomic E-state index is -0.722. The average Bonchev–Trinajstić information content (AvgIpc) is 4.31. The SMILES string of the molecule is COC(=O)N[C@H](C(=O)N1CCC[C@H]1c1cnc(-c2ccc3c(c2)cc2n3C(c3cc4ccccc4s3)Oc3cc(-c4cnc([C@@H]5CCCN5C(=O)[C@@H](NC(=O)OC)C5CCOCC5)[nH]4)ccc3-2)[nH]1)C1CCOCC1. The Labute approximate surface area is 431 Å². The fourth-order valence-corrected chi connectivity index (χ4v) is 13.0. The summed E-state index contributed by atoms with van der Waals surface area (Å²) in [6.45, 7) is 3.31. The van der Waals surface area contributed by atoms with Gasteiger partial charge in [-0.2, -0.15) is 0 Å². The number of alkyl carbamates (subject to hydrolysis) is 2. The molecule has 4 aromatic heterocycles. The lowest BCUT2D eigenvalue weighted by Crippen LogP contribution is -2.53. The van der Waals surface area contributed by atoms with Gasteiger partial charge in [0.15, 0.2) is 0 Å². The third-order valence-corrected chi connectivity index (χ3v) is 16.9. The number of hydrogen-bond acceptors (Lipinski definition) is 12. The first kappa shape index (κ1) is 47.8. The van der Waals surface area contributed by atoms with Gasteiger partial charge >= 0.3 is 12.2 Å². The van der Waals surface area contributed by atoms with Gasteiger partial charge in [0.05, 0.1) is 66.2 Å². The maximum absolute atomic E-state index is 14.3. The number of thiophene rings is 1. The largest absolute Gasteiger partial charge is 0.464 e. The van der Waals surface area contributed by atoms with E-state index in [0.717, 1.165) is 86.4 Å². The van der Waals surface area contributed by atoms with Crippen molar-refractivity contribution in [1.29, 1.82) is 0 Å². The fraction of sp³-hybridized carbons (Fsp3) is 0.418. The second-order valence-corrected chi connectivity index (χ2v) is 21.0. The van der Waals surface area contributed by atoms with Crippen LogP contribution < -0.4 is 15.4 Å². The number of amides is 4. The van der Waals surface area contributed by atoms with Crippen molar-refractivity contribution in [3.05, 3.63) is 102 Å². The van der Waals surface area contributed by atoms with E-state index in [2.05, 4.69) is 98.0 Å². The summed E-state index contributed by atoms with van der Waals surface area (Å²) in [6, 6.07) is 23.5. The molecule has 0 spiro atoms. The van der Waals surface area contributed by atoms with Gasteiger partial charge in [-0.15, -0.1) is 11.3 Å². The summed E-state index contributed by atoms with van der Waals surface area (Å²) in [6.07, 6.45) is 7.80. The van der Waals surface area contributed by atoms with E-state index < -0.39 is 30.5 Å². The molecule has 4 saturated heterocycles. The van der Waals surface area contributed by atoms with Gasteiger partial charge in [0.1, 0.15) is 29.5 Å². The number of fused-ring (bicyclic) bond motifs is 6. The van der Waals surface area contributed by atoms with E-state index in [9.17, 15) is 19.2 Å². The number of benzene rings is 3. The maximum Gasteiger partial charge on any atom is 0.407 e. The number of aromatic amines is 2. The molecule has 7 aromatic rings. The average molecular weight is 1020 g/mol.